The third kappa shape index (κ3) is 2.93. The first-order valence-corrected chi connectivity index (χ1v) is 11.7. The van der Waals surface area contributed by atoms with Crippen molar-refractivity contribution in [1.82, 2.24) is 10.3 Å². The Morgan fingerprint density at radius 2 is 2.13 bits per heavy atom. The number of hydrogen-bond donors (Lipinski definition) is 2. The zero-order chi connectivity index (χ0) is 20.3. The highest BCUT2D eigenvalue weighted by Crippen LogP contribution is 2.62. The molecule has 2 aliphatic carbocycles. The standard InChI is InChI=1S/C25H32N2O3/c1-24-8-4-9-25(15-29-25)22(24)11-18-19(23(28)30-21(18)12-24)14-26-10-7-16-13-27-20-6-3-2-5-17(16)20/h2-3,5-6,13,18-19,21-22,26-27H,4,7-12,14-15H2,1H3/t18-,19+,21-,22-,24-,25+/m1/s1. The number of hydrogen-bond acceptors (Lipinski definition) is 4. The molecule has 5 nitrogen and oxygen atoms in total. The van der Waals surface area contributed by atoms with Crippen LogP contribution in [0.3, 0.4) is 0 Å². The third-order valence-electron chi connectivity index (χ3n) is 8.69. The highest BCUT2D eigenvalue weighted by atomic mass is 16.6. The molecule has 1 aromatic carbocycles. The van der Waals surface area contributed by atoms with E-state index in [4.69, 9.17) is 9.47 Å². The maximum Gasteiger partial charge on any atom is 0.310 e. The van der Waals surface area contributed by atoms with Crippen LogP contribution in [-0.4, -0.2) is 42.4 Å². The zero-order valence-electron chi connectivity index (χ0n) is 17.8. The summed E-state index contributed by atoms with van der Waals surface area (Å²) in [6.45, 7) is 4.93. The van der Waals surface area contributed by atoms with Gasteiger partial charge < -0.3 is 19.8 Å². The van der Waals surface area contributed by atoms with Crippen molar-refractivity contribution >= 4 is 16.9 Å². The maximum atomic E-state index is 12.7. The lowest BCUT2D eigenvalue weighted by atomic mass is 9.53. The molecular formula is C25H32N2O3. The predicted molar refractivity (Wildman–Crippen MR) is 115 cm³/mol. The van der Waals surface area contributed by atoms with E-state index in [1.165, 1.54) is 35.7 Å². The monoisotopic (exact) mass is 408 g/mol. The quantitative estimate of drug-likeness (QED) is 0.448. The highest BCUT2D eigenvalue weighted by Gasteiger charge is 2.64. The van der Waals surface area contributed by atoms with E-state index in [0.717, 1.165) is 39.0 Å². The van der Waals surface area contributed by atoms with Crippen LogP contribution in [0.4, 0.5) is 0 Å². The number of carbonyl (C=O) groups excluding carboxylic acids is 1. The average molecular weight is 409 g/mol. The van der Waals surface area contributed by atoms with Gasteiger partial charge >= 0.3 is 5.97 Å². The second-order valence-corrected chi connectivity index (χ2v) is 10.4. The summed E-state index contributed by atoms with van der Waals surface area (Å²) in [5.74, 6) is 0.927. The highest BCUT2D eigenvalue weighted by molar-refractivity contribution is 5.83. The number of nitrogens with one attached hydrogen (secondary N) is 2. The van der Waals surface area contributed by atoms with Gasteiger partial charge in [0.15, 0.2) is 0 Å². The number of H-pyrrole nitrogens is 1. The van der Waals surface area contributed by atoms with Crippen LogP contribution in [0.5, 0.6) is 0 Å². The van der Waals surface area contributed by atoms with Crippen LogP contribution >= 0.6 is 0 Å². The van der Waals surface area contributed by atoms with E-state index < -0.39 is 0 Å². The van der Waals surface area contributed by atoms with Gasteiger partial charge in [-0.15, -0.1) is 0 Å². The summed E-state index contributed by atoms with van der Waals surface area (Å²) in [6.07, 6.45) is 8.96. The Labute approximate surface area is 177 Å². The third-order valence-corrected chi connectivity index (χ3v) is 8.69. The lowest BCUT2D eigenvalue weighted by Crippen LogP contribution is -2.51. The zero-order valence-corrected chi connectivity index (χ0v) is 17.8. The molecule has 2 aliphatic heterocycles. The molecule has 6 atom stereocenters. The van der Waals surface area contributed by atoms with Gasteiger partial charge in [0.25, 0.3) is 0 Å². The second kappa shape index (κ2) is 6.83. The first-order valence-electron chi connectivity index (χ1n) is 11.7. The van der Waals surface area contributed by atoms with Crippen molar-refractivity contribution in [3.8, 4) is 0 Å². The molecule has 0 bridgehead atoms. The largest absolute Gasteiger partial charge is 0.462 e. The molecule has 2 saturated heterocycles. The summed E-state index contributed by atoms with van der Waals surface area (Å²) in [6, 6.07) is 8.42. The first kappa shape index (κ1) is 18.9. The van der Waals surface area contributed by atoms with Gasteiger partial charge in [-0.05, 0) is 68.0 Å². The molecule has 3 heterocycles. The summed E-state index contributed by atoms with van der Waals surface area (Å²) >= 11 is 0. The average Bonchev–Trinajstić information content (AvgIpc) is 3.27. The van der Waals surface area contributed by atoms with Crippen LogP contribution in [-0.2, 0) is 20.7 Å². The minimum absolute atomic E-state index is 0.0117. The summed E-state index contributed by atoms with van der Waals surface area (Å²) in [5, 5.41) is 4.86. The number of epoxide rings is 1. The van der Waals surface area contributed by atoms with Gasteiger partial charge in [-0.2, -0.15) is 0 Å². The van der Waals surface area contributed by atoms with Crippen molar-refractivity contribution in [2.75, 3.05) is 19.7 Å². The van der Waals surface area contributed by atoms with Crippen molar-refractivity contribution in [2.45, 2.75) is 57.2 Å². The molecule has 1 aromatic heterocycles. The molecule has 2 aromatic rings. The van der Waals surface area contributed by atoms with Crippen LogP contribution in [0.15, 0.2) is 30.5 Å². The van der Waals surface area contributed by atoms with Crippen LogP contribution in [0.1, 0.15) is 44.6 Å². The topological polar surface area (TPSA) is 66.6 Å². The molecule has 4 aliphatic rings. The van der Waals surface area contributed by atoms with Crippen LogP contribution in [0.25, 0.3) is 10.9 Å². The number of fused-ring (bicyclic) bond motifs is 4. The fraction of sp³-hybridized carbons (Fsp3) is 0.640. The van der Waals surface area contributed by atoms with E-state index in [1.807, 2.05) is 0 Å². The second-order valence-electron chi connectivity index (χ2n) is 10.4. The first-order chi connectivity index (χ1) is 14.6. The Kier molecular flexibility index (Phi) is 4.30. The van der Waals surface area contributed by atoms with Gasteiger partial charge in [-0.1, -0.05) is 25.1 Å². The molecule has 30 heavy (non-hydrogen) atoms. The number of esters is 1. The molecule has 2 saturated carbocycles. The fourth-order valence-corrected chi connectivity index (χ4v) is 7.01. The lowest BCUT2D eigenvalue weighted by molar-refractivity contribution is -0.147. The van der Waals surface area contributed by atoms with Gasteiger partial charge in [0.2, 0.25) is 0 Å². The molecule has 0 radical (unpaired) electrons. The van der Waals surface area contributed by atoms with E-state index in [-0.39, 0.29) is 29.0 Å². The molecule has 6 rings (SSSR count). The number of rotatable bonds is 5. The normalized spacial score (nSPS) is 39.7. The minimum atomic E-state index is -0.0137. The molecule has 160 valence electrons. The molecule has 1 spiro atoms. The predicted octanol–water partition coefficient (Wildman–Crippen LogP) is 3.83. The van der Waals surface area contributed by atoms with Crippen molar-refractivity contribution in [3.05, 3.63) is 36.0 Å². The van der Waals surface area contributed by atoms with Gasteiger partial charge in [0.05, 0.1) is 18.1 Å². The molecule has 0 amide bonds. The van der Waals surface area contributed by atoms with Crippen LogP contribution in [0, 0.1) is 23.2 Å². The SMILES string of the molecule is C[C@]12CCC[C@]3(CO3)[C@@H]1C[C@@H]1[C@H](CNCCc3c[nH]c4ccccc34)C(=O)O[C@@H]1C2. The Hall–Kier alpha value is -1.85. The van der Waals surface area contributed by atoms with Gasteiger partial charge in [0, 0.05) is 29.6 Å². The molecular weight excluding hydrogens is 376 g/mol. The van der Waals surface area contributed by atoms with Crippen LogP contribution in [0.2, 0.25) is 0 Å². The van der Waals surface area contributed by atoms with Crippen molar-refractivity contribution in [2.24, 2.45) is 23.2 Å². The summed E-state index contributed by atoms with van der Waals surface area (Å²) < 4.78 is 11.9. The lowest BCUT2D eigenvalue weighted by Gasteiger charge is -2.51. The number of carbonyl (C=O) groups is 1. The van der Waals surface area contributed by atoms with Crippen molar-refractivity contribution in [3.63, 3.8) is 0 Å². The van der Waals surface area contributed by atoms with Crippen molar-refractivity contribution in [1.29, 1.82) is 0 Å². The summed E-state index contributed by atoms with van der Waals surface area (Å²) in [4.78, 5) is 16.1. The summed E-state index contributed by atoms with van der Waals surface area (Å²) in [7, 11) is 0. The molecule has 5 heteroatoms. The molecule has 4 fully saturated rings. The Bertz CT molecular complexity index is 964. The van der Waals surface area contributed by atoms with Gasteiger partial charge in [-0.3, -0.25) is 4.79 Å². The summed E-state index contributed by atoms with van der Waals surface area (Å²) in [5.41, 5.74) is 2.90. The smallest absolute Gasteiger partial charge is 0.310 e. The fourth-order valence-electron chi connectivity index (χ4n) is 7.01. The van der Waals surface area contributed by atoms with E-state index in [9.17, 15) is 4.79 Å². The maximum absolute atomic E-state index is 12.7. The van der Waals surface area contributed by atoms with E-state index in [0.29, 0.717) is 11.8 Å². The minimum Gasteiger partial charge on any atom is -0.462 e. The van der Waals surface area contributed by atoms with E-state index in [2.05, 4.69) is 47.7 Å². The number of para-hydroxylation sites is 1. The van der Waals surface area contributed by atoms with Crippen molar-refractivity contribution < 1.29 is 14.3 Å². The number of aromatic amines is 1. The van der Waals surface area contributed by atoms with Gasteiger partial charge in [0.1, 0.15) is 6.10 Å². The Morgan fingerprint density at radius 1 is 1.27 bits per heavy atom. The molecule has 0 unspecified atom stereocenters. The number of benzene rings is 1. The Morgan fingerprint density at radius 3 is 3.00 bits per heavy atom. The number of ether oxygens (including phenoxy) is 2. The Balaban J connectivity index is 1.10. The van der Waals surface area contributed by atoms with E-state index >= 15 is 0 Å². The van der Waals surface area contributed by atoms with Gasteiger partial charge in [-0.25, -0.2) is 0 Å². The molecule has 2 N–H and O–H groups in total. The van der Waals surface area contributed by atoms with Crippen LogP contribution < -0.4 is 5.32 Å². The number of aromatic nitrogens is 1. The van der Waals surface area contributed by atoms with E-state index in [1.54, 1.807) is 0 Å².